The molecule has 1 unspecified atom stereocenters. The molecule has 3 nitrogen and oxygen atoms in total. The van der Waals surface area contributed by atoms with Crippen molar-refractivity contribution in [3.63, 3.8) is 0 Å². The predicted molar refractivity (Wildman–Crippen MR) is 88.5 cm³/mol. The highest BCUT2D eigenvalue weighted by molar-refractivity contribution is 5.82. The van der Waals surface area contributed by atoms with Gasteiger partial charge in [-0.3, -0.25) is 4.68 Å². The second kappa shape index (κ2) is 6.61. The molecular weight excluding hydrogens is 258 g/mol. The van der Waals surface area contributed by atoms with E-state index < -0.39 is 0 Å². The first-order valence-electron chi connectivity index (χ1n) is 8.51. The molecular formula is C18H27N3. The number of nitrogens with one attached hydrogen (secondary N) is 1. The maximum atomic E-state index is 4.88. The van der Waals surface area contributed by atoms with Gasteiger partial charge in [0.15, 0.2) is 0 Å². The number of rotatable bonds is 6. The highest BCUT2D eigenvalue weighted by atomic mass is 15.3. The Balaban J connectivity index is 1.88. The van der Waals surface area contributed by atoms with Gasteiger partial charge in [0, 0.05) is 24.4 Å². The Kier molecular flexibility index (Phi) is 4.59. The Hall–Kier alpha value is -1.35. The largest absolute Gasteiger partial charge is 0.314 e. The van der Waals surface area contributed by atoms with E-state index in [2.05, 4.69) is 48.1 Å². The third kappa shape index (κ3) is 2.98. The first-order valence-corrected chi connectivity index (χ1v) is 8.51. The minimum atomic E-state index is 0.584. The highest BCUT2D eigenvalue weighted by Crippen LogP contribution is 2.30. The molecule has 2 aromatic rings. The van der Waals surface area contributed by atoms with E-state index in [1.807, 2.05) is 0 Å². The lowest BCUT2D eigenvalue weighted by atomic mass is 9.93. The van der Waals surface area contributed by atoms with Crippen LogP contribution >= 0.6 is 0 Å². The van der Waals surface area contributed by atoms with E-state index in [9.17, 15) is 0 Å². The third-order valence-corrected chi connectivity index (χ3v) is 4.88. The molecule has 21 heavy (non-hydrogen) atoms. The molecule has 1 aliphatic carbocycles. The standard InChI is InChI=1S/C18H27N3/c1-3-19-16(14-9-5-6-10-14)13-17-15-11-7-8-12-18(15)21(4-2)20-17/h7-8,11-12,14,16,19H,3-6,9-10,13H2,1-2H3. The lowest BCUT2D eigenvalue weighted by molar-refractivity contribution is 0.359. The quantitative estimate of drug-likeness (QED) is 0.875. The highest BCUT2D eigenvalue weighted by Gasteiger charge is 2.26. The molecule has 0 bridgehead atoms. The summed E-state index contributed by atoms with van der Waals surface area (Å²) in [4.78, 5) is 0. The molecule has 1 aromatic carbocycles. The molecule has 0 radical (unpaired) electrons. The minimum Gasteiger partial charge on any atom is -0.314 e. The van der Waals surface area contributed by atoms with Gasteiger partial charge in [0.2, 0.25) is 0 Å². The van der Waals surface area contributed by atoms with Gasteiger partial charge in [-0.15, -0.1) is 0 Å². The fourth-order valence-corrected chi connectivity index (χ4v) is 3.82. The number of benzene rings is 1. The molecule has 1 saturated carbocycles. The molecule has 114 valence electrons. The van der Waals surface area contributed by atoms with Crippen LogP contribution in [-0.4, -0.2) is 22.4 Å². The summed E-state index contributed by atoms with van der Waals surface area (Å²) in [7, 11) is 0. The number of aromatic nitrogens is 2. The molecule has 1 aromatic heterocycles. The summed E-state index contributed by atoms with van der Waals surface area (Å²) in [5, 5.41) is 9.93. The summed E-state index contributed by atoms with van der Waals surface area (Å²) in [5.74, 6) is 0.829. The Morgan fingerprint density at radius 3 is 2.71 bits per heavy atom. The Morgan fingerprint density at radius 1 is 1.24 bits per heavy atom. The van der Waals surface area contributed by atoms with Gasteiger partial charge in [-0.2, -0.15) is 5.10 Å². The Labute approximate surface area is 127 Å². The van der Waals surface area contributed by atoms with Crippen LogP contribution in [0, 0.1) is 5.92 Å². The lowest BCUT2D eigenvalue weighted by Gasteiger charge is -2.23. The smallest absolute Gasteiger partial charge is 0.0718 e. The van der Waals surface area contributed by atoms with E-state index in [1.165, 1.54) is 42.3 Å². The summed E-state index contributed by atoms with van der Waals surface area (Å²) >= 11 is 0. The molecule has 1 fully saturated rings. The number of likely N-dealkylation sites (N-methyl/N-ethyl adjacent to an activating group) is 1. The monoisotopic (exact) mass is 285 g/mol. The van der Waals surface area contributed by atoms with Crippen molar-refractivity contribution in [3.8, 4) is 0 Å². The van der Waals surface area contributed by atoms with Gasteiger partial charge in [0.05, 0.1) is 11.2 Å². The van der Waals surface area contributed by atoms with Crippen molar-refractivity contribution < 1.29 is 0 Å². The van der Waals surface area contributed by atoms with E-state index >= 15 is 0 Å². The molecule has 1 heterocycles. The zero-order chi connectivity index (χ0) is 14.7. The molecule has 0 aliphatic heterocycles. The summed E-state index contributed by atoms with van der Waals surface area (Å²) in [5.41, 5.74) is 2.54. The van der Waals surface area contributed by atoms with E-state index in [0.29, 0.717) is 6.04 Å². The van der Waals surface area contributed by atoms with Gasteiger partial charge in [0.1, 0.15) is 0 Å². The molecule has 0 spiro atoms. The van der Waals surface area contributed by atoms with Crippen LogP contribution in [0.3, 0.4) is 0 Å². The van der Waals surface area contributed by atoms with Gasteiger partial charge in [-0.1, -0.05) is 38.0 Å². The molecule has 1 atom stereocenters. The number of aryl methyl sites for hydroxylation is 1. The van der Waals surface area contributed by atoms with Crippen LogP contribution in [0.4, 0.5) is 0 Å². The average Bonchev–Trinajstić information content (AvgIpc) is 3.15. The molecule has 0 saturated heterocycles. The van der Waals surface area contributed by atoms with E-state index in [0.717, 1.165) is 25.4 Å². The fraction of sp³-hybridized carbons (Fsp3) is 0.611. The van der Waals surface area contributed by atoms with E-state index in [1.54, 1.807) is 0 Å². The Bertz CT molecular complexity index is 581. The number of nitrogens with zero attached hydrogens (tertiary/aromatic N) is 2. The molecule has 1 N–H and O–H groups in total. The zero-order valence-electron chi connectivity index (χ0n) is 13.3. The van der Waals surface area contributed by atoms with Crippen LogP contribution in [-0.2, 0) is 13.0 Å². The van der Waals surface area contributed by atoms with E-state index in [4.69, 9.17) is 5.10 Å². The molecule has 0 amide bonds. The van der Waals surface area contributed by atoms with Gasteiger partial charge in [0.25, 0.3) is 0 Å². The van der Waals surface area contributed by atoms with Crippen LogP contribution in [0.1, 0.15) is 45.2 Å². The van der Waals surface area contributed by atoms with Gasteiger partial charge < -0.3 is 5.32 Å². The molecule has 3 rings (SSSR count). The summed E-state index contributed by atoms with van der Waals surface area (Å²) in [6, 6.07) is 9.24. The number of hydrogen-bond donors (Lipinski definition) is 1. The van der Waals surface area contributed by atoms with Crippen LogP contribution in [0.15, 0.2) is 24.3 Å². The number of para-hydroxylation sites is 1. The predicted octanol–water partition coefficient (Wildman–Crippen LogP) is 3.77. The van der Waals surface area contributed by atoms with Crippen LogP contribution in [0.2, 0.25) is 0 Å². The van der Waals surface area contributed by atoms with Gasteiger partial charge >= 0.3 is 0 Å². The first-order chi connectivity index (χ1) is 10.3. The van der Waals surface area contributed by atoms with Crippen molar-refractivity contribution in [2.75, 3.05) is 6.54 Å². The lowest BCUT2D eigenvalue weighted by Crippen LogP contribution is -2.37. The minimum absolute atomic E-state index is 0.584. The van der Waals surface area contributed by atoms with Crippen molar-refractivity contribution in [1.29, 1.82) is 0 Å². The van der Waals surface area contributed by atoms with Crippen LogP contribution in [0.5, 0.6) is 0 Å². The first kappa shape index (κ1) is 14.6. The van der Waals surface area contributed by atoms with Crippen molar-refractivity contribution >= 4 is 10.9 Å². The van der Waals surface area contributed by atoms with Crippen LogP contribution < -0.4 is 5.32 Å². The third-order valence-electron chi connectivity index (χ3n) is 4.88. The topological polar surface area (TPSA) is 29.9 Å². The summed E-state index contributed by atoms with van der Waals surface area (Å²) in [6.07, 6.45) is 6.62. The molecule has 1 aliphatic rings. The Morgan fingerprint density at radius 2 is 2.00 bits per heavy atom. The maximum Gasteiger partial charge on any atom is 0.0718 e. The van der Waals surface area contributed by atoms with Crippen molar-refractivity contribution in [1.82, 2.24) is 15.1 Å². The maximum absolute atomic E-state index is 4.88. The number of fused-ring (bicyclic) bond motifs is 1. The normalized spacial score (nSPS) is 17.6. The second-order valence-corrected chi connectivity index (χ2v) is 6.19. The fourth-order valence-electron chi connectivity index (χ4n) is 3.82. The van der Waals surface area contributed by atoms with E-state index in [-0.39, 0.29) is 0 Å². The molecule has 3 heteroatoms. The average molecular weight is 285 g/mol. The zero-order valence-corrected chi connectivity index (χ0v) is 13.3. The summed E-state index contributed by atoms with van der Waals surface area (Å²) in [6.45, 7) is 6.37. The van der Waals surface area contributed by atoms with Crippen molar-refractivity contribution in [2.45, 2.75) is 58.5 Å². The summed E-state index contributed by atoms with van der Waals surface area (Å²) < 4.78 is 2.14. The van der Waals surface area contributed by atoms with Crippen molar-refractivity contribution in [2.24, 2.45) is 5.92 Å². The SMILES string of the molecule is CCNC(Cc1nn(CC)c2ccccc12)C1CCCC1. The van der Waals surface area contributed by atoms with Gasteiger partial charge in [-0.25, -0.2) is 0 Å². The second-order valence-electron chi connectivity index (χ2n) is 6.19. The van der Waals surface area contributed by atoms with Crippen LogP contribution in [0.25, 0.3) is 10.9 Å². The number of hydrogen-bond acceptors (Lipinski definition) is 2. The van der Waals surface area contributed by atoms with Gasteiger partial charge in [-0.05, 0) is 38.3 Å². The van der Waals surface area contributed by atoms with Crippen molar-refractivity contribution in [3.05, 3.63) is 30.0 Å².